The maximum atomic E-state index is 13.8. The number of nitrogens with zero attached hydrogens (tertiary/aromatic N) is 4. The first-order valence-corrected chi connectivity index (χ1v) is 13.2. The van der Waals surface area contributed by atoms with Gasteiger partial charge in [-0.05, 0) is 17.0 Å². The third kappa shape index (κ3) is 6.13. The van der Waals surface area contributed by atoms with Crippen LogP contribution in [0.5, 0.6) is 5.88 Å². The quantitative estimate of drug-likeness (QED) is 0.434. The molecule has 41 heavy (non-hydrogen) atoms. The number of nitrogens with one attached hydrogen (secondary N) is 1. The molecule has 2 N–H and O–H groups in total. The number of hydrogen-bond acceptors (Lipinski definition) is 6. The molecule has 0 aliphatic carbocycles. The summed E-state index contributed by atoms with van der Waals surface area (Å²) in [5.74, 6) is -3.02. The number of carbonyl (C=O) groups is 4. The number of rotatable bonds is 8. The molecule has 4 rings (SSSR count). The average Bonchev–Trinajstić information content (AvgIpc) is 3.19. The van der Waals surface area contributed by atoms with E-state index in [2.05, 4.69) is 5.32 Å². The van der Waals surface area contributed by atoms with Crippen LogP contribution in [0.4, 0.5) is 0 Å². The van der Waals surface area contributed by atoms with Gasteiger partial charge in [-0.25, -0.2) is 4.79 Å². The highest BCUT2D eigenvalue weighted by molar-refractivity contribution is 6.00. The Morgan fingerprint density at radius 1 is 0.976 bits per heavy atom. The lowest BCUT2D eigenvalue weighted by molar-refractivity contribution is -0.144. The van der Waals surface area contributed by atoms with E-state index in [-0.39, 0.29) is 18.2 Å². The van der Waals surface area contributed by atoms with Crippen LogP contribution in [0, 0.1) is 5.92 Å². The van der Waals surface area contributed by atoms with Gasteiger partial charge >= 0.3 is 5.69 Å². The molecule has 1 aliphatic heterocycles. The highest BCUT2D eigenvalue weighted by atomic mass is 16.3. The molecule has 3 aromatic rings. The molecule has 0 radical (unpaired) electrons. The summed E-state index contributed by atoms with van der Waals surface area (Å²) in [5.41, 5.74) is 0.940. The molecule has 2 aromatic carbocycles. The van der Waals surface area contributed by atoms with Gasteiger partial charge < -0.3 is 15.3 Å². The van der Waals surface area contributed by atoms with E-state index < -0.39 is 47.9 Å². The average molecular weight is 560 g/mol. The Morgan fingerprint density at radius 3 is 2.12 bits per heavy atom. The summed E-state index contributed by atoms with van der Waals surface area (Å²) < 4.78 is 1.67. The van der Waals surface area contributed by atoms with E-state index in [9.17, 15) is 29.1 Å². The zero-order chi connectivity index (χ0) is 29.8. The molecule has 0 spiro atoms. The van der Waals surface area contributed by atoms with Gasteiger partial charge in [0, 0.05) is 26.6 Å². The van der Waals surface area contributed by atoms with E-state index in [0.29, 0.717) is 21.4 Å². The number of carbonyl (C=O) groups excluding carboxylic acids is 4. The van der Waals surface area contributed by atoms with Crippen molar-refractivity contribution in [3.63, 3.8) is 0 Å². The Balaban J connectivity index is 1.68. The molecule has 1 aliphatic rings. The van der Waals surface area contributed by atoms with E-state index in [1.165, 1.54) is 23.8 Å². The zero-order valence-electron chi connectivity index (χ0n) is 23.4. The number of aryl methyl sites for hydroxylation is 1. The van der Waals surface area contributed by atoms with Gasteiger partial charge in [0.25, 0.3) is 11.8 Å². The number of aromatic nitrogens is 2. The van der Waals surface area contributed by atoms with Crippen LogP contribution in [0.1, 0.15) is 36.7 Å². The third-order valence-electron chi connectivity index (χ3n) is 6.90. The standard InChI is InChI=1S/C30H33N5O6/c1-19(2)27-29(40)34(24(16-33(27)20(3)36)22-13-9-6-10-14-22)17-25(37)31-23(15-21-11-7-5-8-12-21)28(39)35-26(38)18-32(4)30(35)41/h5-14,16,18-19,23,27,38H,15,17H2,1-4H3,(H,31,37)/t23-,27?/m0/s1. The molecular formula is C30H33N5O6. The molecule has 2 heterocycles. The van der Waals surface area contributed by atoms with Gasteiger partial charge in [0.15, 0.2) is 0 Å². The van der Waals surface area contributed by atoms with E-state index in [1.807, 2.05) is 19.9 Å². The van der Waals surface area contributed by atoms with Crippen molar-refractivity contribution in [3.8, 4) is 5.88 Å². The number of aromatic hydroxyl groups is 1. The molecule has 0 fully saturated rings. The fraction of sp³-hybridized carbons (Fsp3) is 0.300. The van der Waals surface area contributed by atoms with Crippen molar-refractivity contribution in [2.45, 2.75) is 39.3 Å². The summed E-state index contributed by atoms with van der Waals surface area (Å²) in [4.78, 5) is 68.5. The molecule has 0 saturated carbocycles. The molecule has 0 bridgehead atoms. The highest BCUT2D eigenvalue weighted by Crippen LogP contribution is 2.30. The lowest BCUT2D eigenvalue weighted by Gasteiger charge is -2.40. The third-order valence-corrected chi connectivity index (χ3v) is 6.90. The van der Waals surface area contributed by atoms with Crippen molar-refractivity contribution in [3.05, 3.63) is 94.7 Å². The van der Waals surface area contributed by atoms with Crippen LogP contribution in [0.2, 0.25) is 0 Å². The Bertz CT molecular complexity index is 1540. The minimum absolute atomic E-state index is 0.0360. The SMILES string of the molecule is CC(=O)N1C=C(c2ccccc2)N(CC(=O)N[C@@H](Cc2ccccc2)C(=O)n2c(O)cn(C)c2=O)C(=O)C1C(C)C. The first-order valence-electron chi connectivity index (χ1n) is 13.2. The minimum Gasteiger partial charge on any atom is -0.493 e. The second-order valence-corrected chi connectivity index (χ2v) is 10.3. The predicted molar refractivity (Wildman–Crippen MR) is 151 cm³/mol. The van der Waals surface area contributed by atoms with Crippen molar-refractivity contribution in [2.24, 2.45) is 13.0 Å². The summed E-state index contributed by atoms with van der Waals surface area (Å²) in [6.07, 6.45) is 2.72. The number of hydrogen-bond donors (Lipinski definition) is 2. The van der Waals surface area contributed by atoms with Crippen LogP contribution in [0.3, 0.4) is 0 Å². The summed E-state index contributed by atoms with van der Waals surface area (Å²) in [5, 5.41) is 12.9. The summed E-state index contributed by atoms with van der Waals surface area (Å²) in [6.45, 7) is 4.57. The Kier molecular flexibility index (Phi) is 8.56. The second kappa shape index (κ2) is 12.1. The van der Waals surface area contributed by atoms with Crippen molar-refractivity contribution < 1.29 is 24.3 Å². The minimum atomic E-state index is -1.23. The van der Waals surface area contributed by atoms with Crippen molar-refractivity contribution in [1.29, 1.82) is 0 Å². The molecule has 1 unspecified atom stereocenters. The Morgan fingerprint density at radius 2 is 1.59 bits per heavy atom. The summed E-state index contributed by atoms with van der Waals surface area (Å²) in [6, 6.07) is 15.8. The van der Waals surface area contributed by atoms with Gasteiger partial charge in [-0.3, -0.25) is 28.6 Å². The topological polar surface area (TPSA) is 134 Å². The fourth-order valence-corrected chi connectivity index (χ4v) is 4.91. The van der Waals surface area contributed by atoms with Gasteiger partial charge in [-0.2, -0.15) is 4.57 Å². The molecule has 11 nitrogen and oxygen atoms in total. The Labute approximate surface area is 237 Å². The zero-order valence-corrected chi connectivity index (χ0v) is 23.4. The smallest absolute Gasteiger partial charge is 0.337 e. The van der Waals surface area contributed by atoms with Gasteiger partial charge in [0.05, 0.1) is 11.9 Å². The van der Waals surface area contributed by atoms with Crippen molar-refractivity contribution >= 4 is 29.3 Å². The normalized spacial score (nSPS) is 16.0. The molecule has 3 amide bonds. The second-order valence-electron chi connectivity index (χ2n) is 10.3. The summed E-state index contributed by atoms with van der Waals surface area (Å²) in [7, 11) is 1.39. The molecule has 11 heteroatoms. The van der Waals surface area contributed by atoms with Crippen LogP contribution in [0.25, 0.3) is 5.70 Å². The van der Waals surface area contributed by atoms with E-state index in [1.54, 1.807) is 60.8 Å². The van der Waals surface area contributed by atoms with Crippen molar-refractivity contribution in [1.82, 2.24) is 24.3 Å². The van der Waals surface area contributed by atoms with Gasteiger partial charge in [-0.15, -0.1) is 0 Å². The lowest BCUT2D eigenvalue weighted by Crippen LogP contribution is -2.57. The molecule has 0 saturated heterocycles. The maximum absolute atomic E-state index is 13.8. The van der Waals surface area contributed by atoms with E-state index in [4.69, 9.17) is 0 Å². The first-order chi connectivity index (χ1) is 19.5. The van der Waals surface area contributed by atoms with Crippen LogP contribution in [-0.2, 0) is 27.9 Å². The largest absolute Gasteiger partial charge is 0.493 e. The van der Waals surface area contributed by atoms with E-state index >= 15 is 0 Å². The summed E-state index contributed by atoms with van der Waals surface area (Å²) >= 11 is 0. The van der Waals surface area contributed by atoms with E-state index in [0.717, 1.165) is 10.8 Å². The molecule has 2 atom stereocenters. The number of amides is 3. The molecular weight excluding hydrogens is 526 g/mol. The maximum Gasteiger partial charge on any atom is 0.337 e. The monoisotopic (exact) mass is 559 g/mol. The molecule has 214 valence electrons. The van der Waals surface area contributed by atoms with Crippen molar-refractivity contribution in [2.75, 3.05) is 6.54 Å². The molecule has 1 aromatic heterocycles. The lowest BCUT2D eigenvalue weighted by atomic mass is 9.97. The number of benzene rings is 2. The number of imidazole rings is 1. The Hall–Kier alpha value is -4.93. The van der Waals surface area contributed by atoms with Gasteiger partial charge in [-0.1, -0.05) is 74.5 Å². The van der Waals surface area contributed by atoms with Gasteiger partial charge in [0.2, 0.25) is 17.7 Å². The predicted octanol–water partition coefficient (Wildman–Crippen LogP) is 1.97. The van der Waals surface area contributed by atoms with Crippen LogP contribution < -0.4 is 11.0 Å². The fourth-order valence-electron chi connectivity index (χ4n) is 4.91. The van der Waals surface area contributed by atoms with Crippen LogP contribution >= 0.6 is 0 Å². The van der Waals surface area contributed by atoms with Crippen LogP contribution in [-0.4, -0.2) is 66.3 Å². The highest BCUT2D eigenvalue weighted by Gasteiger charge is 2.40. The van der Waals surface area contributed by atoms with Gasteiger partial charge in [0.1, 0.15) is 18.6 Å². The van der Waals surface area contributed by atoms with Crippen LogP contribution in [0.15, 0.2) is 77.9 Å². The first kappa shape index (κ1) is 29.1.